The van der Waals surface area contributed by atoms with Gasteiger partial charge in [-0.3, -0.25) is 0 Å². The molecule has 0 saturated heterocycles. The van der Waals surface area contributed by atoms with Crippen molar-refractivity contribution in [3.63, 3.8) is 0 Å². The van der Waals surface area contributed by atoms with E-state index in [1.807, 2.05) is 6.07 Å². The van der Waals surface area contributed by atoms with Gasteiger partial charge in [0.15, 0.2) is 0 Å². The first-order chi connectivity index (χ1) is 7.72. The zero-order valence-corrected chi connectivity index (χ0v) is 11.6. The SMILES string of the molecule is CCC1CCC(NCc2occc2Br)C1C. The molecule has 0 radical (unpaired) electrons. The summed E-state index contributed by atoms with van der Waals surface area (Å²) in [5.74, 6) is 2.70. The number of furan rings is 1. The zero-order chi connectivity index (χ0) is 11.5. The summed E-state index contributed by atoms with van der Waals surface area (Å²) in [5.41, 5.74) is 0. The molecule has 1 aliphatic carbocycles. The van der Waals surface area contributed by atoms with E-state index < -0.39 is 0 Å². The summed E-state index contributed by atoms with van der Waals surface area (Å²) in [7, 11) is 0. The summed E-state index contributed by atoms with van der Waals surface area (Å²) in [5, 5.41) is 3.62. The van der Waals surface area contributed by atoms with Crippen molar-refractivity contribution in [2.75, 3.05) is 0 Å². The van der Waals surface area contributed by atoms with Crippen molar-refractivity contribution in [1.82, 2.24) is 5.32 Å². The third-order valence-corrected chi connectivity index (χ3v) is 4.67. The highest BCUT2D eigenvalue weighted by Gasteiger charge is 2.31. The van der Waals surface area contributed by atoms with Crippen molar-refractivity contribution in [1.29, 1.82) is 0 Å². The molecule has 90 valence electrons. The van der Waals surface area contributed by atoms with Crippen LogP contribution in [0.25, 0.3) is 0 Å². The molecule has 2 rings (SSSR count). The van der Waals surface area contributed by atoms with Gasteiger partial charge in [-0.25, -0.2) is 0 Å². The maximum Gasteiger partial charge on any atom is 0.131 e. The highest BCUT2D eigenvalue weighted by Crippen LogP contribution is 2.34. The van der Waals surface area contributed by atoms with Gasteiger partial charge in [-0.05, 0) is 46.7 Å². The highest BCUT2D eigenvalue weighted by atomic mass is 79.9. The molecule has 3 unspecified atom stereocenters. The van der Waals surface area contributed by atoms with Crippen molar-refractivity contribution < 1.29 is 4.42 Å². The summed E-state index contributed by atoms with van der Waals surface area (Å²) in [6, 6.07) is 2.60. The van der Waals surface area contributed by atoms with Crippen LogP contribution in [0.15, 0.2) is 21.2 Å². The van der Waals surface area contributed by atoms with Crippen LogP contribution in [-0.4, -0.2) is 6.04 Å². The van der Waals surface area contributed by atoms with Crippen molar-refractivity contribution in [2.45, 2.75) is 45.7 Å². The second-order valence-electron chi connectivity index (χ2n) is 4.78. The van der Waals surface area contributed by atoms with Crippen LogP contribution in [0, 0.1) is 11.8 Å². The van der Waals surface area contributed by atoms with Crippen LogP contribution >= 0.6 is 15.9 Å². The largest absolute Gasteiger partial charge is 0.467 e. The molecule has 3 atom stereocenters. The van der Waals surface area contributed by atoms with E-state index in [0.717, 1.165) is 28.6 Å². The fourth-order valence-corrected chi connectivity index (χ4v) is 3.13. The van der Waals surface area contributed by atoms with Crippen LogP contribution in [0.2, 0.25) is 0 Å². The van der Waals surface area contributed by atoms with Crippen LogP contribution in [0.3, 0.4) is 0 Å². The average Bonchev–Trinajstić information content (AvgIpc) is 2.83. The van der Waals surface area contributed by atoms with Gasteiger partial charge in [0.05, 0.1) is 17.3 Å². The van der Waals surface area contributed by atoms with Gasteiger partial charge in [-0.15, -0.1) is 0 Å². The van der Waals surface area contributed by atoms with E-state index in [1.165, 1.54) is 19.3 Å². The van der Waals surface area contributed by atoms with Crippen LogP contribution < -0.4 is 5.32 Å². The van der Waals surface area contributed by atoms with E-state index in [4.69, 9.17) is 4.42 Å². The molecule has 1 fully saturated rings. The predicted octanol–water partition coefficient (Wildman–Crippen LogP) is 3.96. The first kappa shape index (κ1) is 12.2. The van der Waals surface area contributed by atoms with Crippen molar-refractivity contribution in [2.24, 2.45) is 11.8 Å². The molecule has 0 aliphatic heterocycles. The number of rotatable bonds is 4. The minimum absolute atomic E-state index is 0.655. The number of hydrogen-bond acceptors (Lipinski definition) is 2. The fourth-order valence-electron chi connectivity index (χ4n) is 2.79. The Labute approximate surface area is 106 Å². The summed E-state index contributed by atoms with van der Waals surface area (Å²) in [6.45, 7) is 5.50. The maximum atomic E-state index is 5.40. The molecule has 0 bridgehead atoms. The number of nitrogens with one attached hydrogen (secondary N) is 1. The van der Waals surface area contributed by atoms with Crippen molar-refractivity contribution in [3.8, 4) is 0 Å². The monoisotopic (exact) mass is 285 g/mol. The predicted molar refractivity (Wildman–Crippen MR) is 69.2 cm³/mol. The lowest BCUT2D eigenvalue weighted by molar-refractivity contribution is 0.335. The number of halogens is 1. The third kappa shape index (κ3) is 2.51. The zero-order valence-electron chi connectivity index (χ0n) is 10.0. The molecule has 16 heavy (non-hydrogen) atoms. The van der Waals surface area contributed by atoms with Crippen LogP contribution in [0.5, 0.6) is 0 Å². The minimum Gasteiger partial charge on any atom is -0.467 e. The Kier molecular flexibility index (Phi) is 4.09. The van der Waals surface area contributed by atoms with Gasteiger partial charge in [0.1, 0.15) is 5.76 Å². The lowest BCUT2D eigenvalue weighted by Crippen LogP contribution is -2.32. The molecule has 2 nitrogen and oxygen atoms in total. The standard InChI is InChI=1S/C13H20BrNO/c1-3-10-4-5-12(9(10)2)15-8-13-11(14)6-7-16-13/h6-7,9-10,12,15H,3-5,8H2,1-2H3. The molecule has 1 N–H and O–H groups in total. The Morgan fingerprint density at radius 1 is 1.50 bits per heavy atom. The van der Waals surface area contributed by atoms with E-state index in [0.29, 0.717) is 6.04 Å². The molecule has 1 aromatic rings. The summed E-state index contributed by atoms with van der Waals surface area (Å²) in [4.78, 5) is 0. The van der Waals surface area contributed by atoms with E-state index in [2.05, 4.69) is 35.1 Å². The topological polar surface area (TPSA) is 25.2 Å². The molecule has 1 aromatic heterocycles. The van der Waals surface area contributed by atoms with Crippen LogP contribution in [0.1, 0.15) is 38.9 Å². The summed E-state index contributed by atoms with van der Waals surface area (Å²) in [6.07, 6.45) is 5.71. The minimum atomic E-state index is 0.655. The molecule has 1 heterocycles. The molecule has 0 amide bonds. The normalized spacial score (nSPS) is 29.8. The van der Waals surface area contributed by atoms with Gasteiger partial charge in [-0.1, -0.05) is 20.3 Å². The maximum absolute atomic E-state index is 5.40. The quantitative estimate of drug-likeness (QED) is 0.906. The molecule has 0 aromatic carbocycles. The number of hydrogen-bond donors (Lipinski definition) is 1. The van der Waals surface area contributed by atoms with Crippen molar-refractivity contribution in [3.05, 3.63) is 22.6 Å². The molecule has 0 spiro atoms. The Morgan fingerprint density at radius 3 is 2.88 bits per heavy atom. The van der Waals surface area contributed by atoms with Gasteiger partial charge >= 0.3 is 0 Å². The van der Waals surface area contributed by atoms with E-state index in [9.17, 15) is 0 Å². The Hall–Kier alpha value is -0.280. The van der Waals surface area contributed by atoms with E-state index in [1.54, 1.807) is 6.26 Å². The second-order valence-corrected chi connectivity index (χ2v) is 5.64. The second kappa shape index (κ2) is 5.37. The Morgan fingerprint density at radius 2 is 2.31 bits per heavy atom. The summed E-state index contributed by atoms with van der Waals surface area (Å²) >= 11 is 3.48. The molecule has 3 heteroatoms. The van der Waals surface area contributed by atoms with E-state index in [-0.39, 0.29) is 0 Å². The first-order valence-corrected chi connectivity index (χ1v) is 6.97. The molecular formula is C13H20BrNO. The lowest BCUT2D eigenvalue weighted by Gasteiger charge is -2.20. The molecule has 1 saturated carbocycles. The van der Waals surface area contributed by atoms with Gasteiger partial charge < -0.3 is 9.73 Å². The summed E-state index contributed by atoms with van der Waals surface area (Å²) < 4.78 is 6.47. The van der Waals surface area contributed by atoms with Gasteiger partial charge in [0.25, 0.3) is 0 Å². The van der Waals surface area contributed by atoms with Gasteiger partial charge in [-0.2, -0.15) is 0 Å². The Bertz CT molecular complexity index is 336. The highest BCUT2D eigenvalue weighted by molar-refractivity contribution is 9.10. The molecule has 1 aliphatic rings. The van der Waals surface area contributed by atoms with Crippen LogP contribution in [0.4, 0.5) is 0 Å². The third-order valence-electron chi connectivity index (χ3n) is 3.97. The smallest absolute Gasteiger partial charge is 0.131 e. The fraction of sp³-hybridized carbons (Fsp3) is 0.692. The molecular weight excluding hydrogens is 266 g/mol. The average molecular weight is 286 g/mol. The van der Waals surface area contributed by atoms with Gasteiger partial charge in [0, 0.05) is 6.04 Å². The van der Waals surface area contributed by atoms with Gasteiger partial charge in [0.2, 0.25) is 0 Å². The van der Waals surface area contributed by atoms with Crippen molar-refractivity contribution >= 4 is 15.9 Å². The van der Waals surface area contributed by atoms with Crippen LogP contribution in [-0.2, 0) is 6.54 Å². The lowest BCUT2D eigenvalue weighted by atomic mass is 9.93. The first-order valence-electron chi connectivity index (χ1n) is 6.17. The van der Waals surface area contributed by atoms with E-state index >= 15 is 0 Å². The Balaban J connectivity index is 1.85.